The smallest absolute Gasteiger partial charge is 0.311 e. The predicted molar refractivity (Wildman–Crippen MR) is 33.3 cm³/mol. The molecule has 2 amide bonds. The highest BCUT2D eigenvalue weighted by atomic mass is 16.5. The minimum absolute atomic E-state index is 0.161. The van der Waals surface area contributed by atoms with Gasteiger partial charge in [-0.2, -0.15) is 4.98 Å². The molecule has 0 aliphatic carbocycles. The fourth-order valence-electron chi connectivity index (χ4n) is 0.862. The maximum absolute atomic E-state index is 10.7. The molecule has 1 saturated heterocycles. The van der Waals surface area contributed by atoms with E-state index in [0.717, 1.165) is 0 Å². The van der Waals surface area contributed by atoms with Crippen molar-refractivity contribution in [2.45, 2.75) is 6.17 Å². The van der Waals surface area contributed by atoms with E-state index < -0.39 is 18.0 Å². The van der Waals surface area contributed by atoms with Gasteiger partial charge < -0.3 is 15.2 Å². The van der Waals surface area contributed by atoms with Gasteiger partial charge in [0.2, 0.25) is 0 Å². The van der Waals surface area contributed by atoms with Gasteiger partial charge in [0.25, 0.3) is 5.89 Å². The zero-order chi connectivity index (χ0) is 8.55. The Morgan fingerprint density at radius 1 is 1.33 bits per heavy atom. The van der Waals surface area contributed by atoms with Gasteiger partial charge in [0.15, 0.2) is 12.5 Å². The maximum Gasteiger partial charge on any atom is 0.311 e. The number of nitrogens with zero attached hydrogens (tertiary/aromatic N) is 2. The molecule has 0 bridgehead atoms. The summed E-state index contributed by atoms with van der Waals surface area (Å²) in [5.41, 5.74) is 0. The Labute approximate surface area is 66.1 Å². The van der Waals surface area contributed by atoms with Gasteiger partial charge in [-0.25, -0.2) is 0 Å². The number of carbonyl (C=O) groups excluding carboxylic acids is 2. The second-order valence-electron chi connectivity index (χ2n) is 2.16. The Kier molecular flexibility index (Phi) is 1.29. The molecule has 1 aromatic rings. The molecule has 2 heterocycles. The number of hydrogen-bond donors (Lipinski definition) is 2. The first-order valence-corrected chi connectivity index (χ1v) is 3.15. The molecule has 62 valence electrons. The van der Waals surface area contributed by atoms with Crippen LogP contribution in [0.25, 0.3) is 0 Å². The lowest BCUT2D eigenvalue weighted by Gasteiger charge is -2.01. The van der Waals surface area contributed by atoms with E-state index in [1.807, 2.05) is 0 Å². The summed E-state index contributed by atoms with van der Waals surface area (Å²) >= 11 is 0. The zero-order valence-electron chi connectivity index (χ0n) is 5.77. The van der Waals surface area contributed by atoms with Crippen LogP contribution in [0.1, 0.15) is 12.1 Å². The molecular weight excluding hydrogens is 164 g/mol. The Bertz CT molecular complexity index is 303. The van der Waals surface area contributed by atoms with E-state index in [1.165, 1.54) is 6.33 Å². The first-order chi connectivity index (χ1) is 5.77. The van der Waals surface area contributed by atoms with Crippen molar-refractivity contribution in [3.8, 4) is 0 Å². The summed E-state index contributed by atoms with van der Waals surface area (Å²) in [5.74, 6) is -1.23. The van der Waals surface area contributed by atoms with Crippen molar-refractivity contribution in [1.29, 1.82) is 0 Å². The molecule has 2 N–H and O–H groups in total. The SMILES string of the molecule is O=C1NC(c2ncno2)NC1=O. The van der Waals surface area contributed by atoms with Crippen LogP contribution in [-0.2, 0) is 9.59 Å². The van der Waals surface area contributed by atoms with Gasteiger partial charge in [-0.1, -0.05) is 5.16 Å². The first-order valence-electron chi connectivity index (χ1n) is 3.15. The van der Waals surface area contributed by atoms with Crippen LogP contribution in [0.2, 0.25) is 0 Å². The Balaban J connectivity index is 2.19. The second-order valence-corrected chi connectivity index (χ2v) is 2.16. The van der Waals surface area contributed by atoms with Crippen LogP contribution in [0.3, 0.4) is 0 Å². The van der Waals surface area contributed by atoms with Crippen LogP contribution in [0.4, 0.5) is 0 Å². The highest BCUT2D eigenvalue weighted by Gasteiger charge is 2.32. The van der Waals surface area contributed by atoms with Crippen LogP contribution in [0, 0.1) is 0 Å². The van der Waals surface area contributed by atoms with E-state index in [0.29, 0.717) is 0 Å². The standard InChI is InChI=1S/C5H4N4O3/c10-3-4(11)9-2(8-3)5-6-1-7-12-5/h1-2H,(H,8,10)(H,9,11). The van der Waals surface area contributed by atoms with Crippen LogP contribution < -0.4 is 10.6 Å². The summed E-state index contributed by atoms with van der Waals surface area (Å²) in [6, 6.07) is 0. The predicted octanol–water partition coefficient (Wildman–Crippen LogP) is -1.69. The molecule has 7 nitrogen and oxygen atoms in total. The third kappa shape index (κ3) is 0.911. The van der Waals surface area contributed by atoms with Crippen molar-refractivity contribution in [1.82, 2.24) is 20.8 Å². The van der Waals surface area contributed by atoms with E-state index in [-0.39, 0.29) is 5.89 Å². The minimum atomic E-state index is -0.696. The van der Waals surface area contributed by atoms with Gasteiger partial charge in [-0.15, -0.1) is 0 Å². The highest BCUT2D eigenvalue weighted by molar-refractivity contribution is 6.36. The van der Waals surface area contributed by atoms with Crippen molar-refractivity contribution in [2.75, 3.05) is 0 Å². The number of rotatable bonds is 1. The summed E-state index contributed by atoms with van der Waals surface area (Å²) in [6.07, 6.45) is 0.499. The van der Waals surface area contributed by atoms with Crippen molar-refractivity contribution < 1.29 is 14.1 Å². The molecule has 1 fully saturated rings. The Morgan fingerprint density at radius 2 is 2.00 bits per heavy atom. The van der Waals surface area contributed by atoms with Crippen LogP contribution in [-0.4, -0.2) is 22.0 Å². The van der Waals surface area contributed by atoms with Crippen LogP contribution in [0.5, 0.6) is 0 Å². The van der Waals surface area contributed by atoms with Gasteiger partial charge in [-0.3, -0.25) is 9.59 Å². The van der Waals surface area contributed by atoms with Gasteiger partial charge in [0.1, 0.15) is 0 Å². The van der Waals surface area contributed by atoms with Gasteiger partial charge in [-0.05, 0) is 0 Å². The Hall–Kier alpha value is -1.92. The molecule has 0 atom stereocenters. The second kappa shape index (κ2) is 2.29. The topological polar surface area (TPSA) is 97.1 Å². The largest absolute Gasteiger partial charge is 0.335 e. The van der Waals surface area contributed by atoms with Crippen molar-refractivity contribution in [2.24, 2.45) is 0 Å². The summed E-state index contributed by atoms with van der Waals surface area (Å²) in [5, 5.41) is 7.95. The quantitative estimate of drug-likeness (QED) is 0.488. The molecule has 1 aromatic heterocycles. The molecule has 0 saturated carbocycles. The van der Waals surface area contributed by atoms with E-state index in [2.05, 4.69) is 25.3 Å². The van der Waals surface area contributed by atoms with E-state index in [1.54, 1.807) is 0 Å². The summed E-state index contributed by atoms with van der Waals surface area (Å²) in [4.78, 5) is 25.0. The van der Waals surface area contributed by atoms with Gasteiger partial charge >= 0.3 is 11.8 Å². The first kappa shape index (κ1) is 6.77. The molecule has 2 rings (SSSR count). The number of aromatic nitrogens is 2. The molecule has 7 heteroatoms. The van der Waals surface area contributed by atoms with Crippen molar-refractivity contribution in [3.05, 3.63) is 12.2 Å². The molecular formula is C5H4N4O3. The average molecular weight is 168 g/mol. The highest BCUT2D eigenvalue weighted by Crippen LogP contribution is 2.08. The number of amides is 2. The summed E-state index contributed by atoms with van der Waals surface area (Å²) in [6.45, 7) is 0. The lowest BCUT2D eigenvalue weighted by molar-refractivity contribution is -0.135. The van der Waals surface area contributed by atoms with Gasteiger partial charge in [0, 0.05) is 0 Å². The fourth-order valence-corrected chi connectivity index (χ4v) is 0.862. The number of carbonyl (C=O) groups is 2. The van der Waals surface area contributed by atoms with E-state index >= 15 is 0 Å². The van der Waals surface area contributed by atoms with Crippen LogP contribution >= 0.6 is 0 Å². The molecule has 0 radical (unpaired) electrons. The summed E-state index contributed by atoms with van der Waals surface area (Å²) in [7, 11) is 0. The normalized spacial score (nSPS) is 17.7. The minimum Gasteiger partial charge on any atom is -0.335 e. The third-order valence-electron chi connectivity index (χ3n) is 1.38. The summed E-state index contributed by atoms with van der Waals surface area (Å²) < 4.78 is 4.62. The monoisotopic (exact) mass is 168 g/mol. The number of nitrogens with one attached hydrogen (secondary N) is 2. The molecule has 0 unspecified atom stereocenters. The molecule has 12 heavy (non-hydrogen) atoms. The Morgan fingerprint density at radius 3 is 2.50 bits per heavy atom. The van der Waals surface area contributed by atoms with Crippen LogP contribution in [0.15, 0.2) is 10.9 Å². The number of hydrogen-bond acceptors (Lipinski definition) is 5. The molecule has 1 aliphatic rings. The van der Waals surface area contributed by atoms with E-state index in [4.69, 9.17) is 0 Å². The fraction of sp³-hybridized carbons (Fsp3) is 0.200. The molecule has 1 aliphatic heterocycles. The van der Waals surface area contributed by atoms with Crippen molar-refractivity contribution >= 4 is 11.8 Å². The average Bonchev–Trinajstić information content (AvgIpc) is 2.61. The maximum atomic E-state index is 10.7. The zero-order valence-corrected chi connectivity index (χ0v) is 5.77. The van der Waals surface area contributed by atoms with E-state index in [9.17, 15) is 9.59 Å². The lowest BCUT2D eigenvalue weighted by Crippen LogP contribution is -2.23. The third-order valence-corrected chi connectivity index (χ3v) is 1.38. The molecule has 0 spiro atoms. The van der Waals surface area contributed by atoms with Crippen molar-refractivity contribution in [3.63, 3.8) is 0 Å². The van der Waals surface area contributed by atoms with Gasteiger partial charge in [0.05, 0.1) is 0 Å². The lowest BCUT2D eigenvalue weighted by atomic mass is 10.5. The molecule has 0 aromatic carbocycles.